The molecule has 4 nitrogen and oxygen atoms in total. The smallest absolute Gasteiger partial charge is 0.231 e. The molecule has 6 heteroatoms. The van der Waals surface area contributed by atoms with Gasteiger partial charge in [0, 0.05) is 18.2 Å². The molecule has 1 aliphatic rings. The highest BCUT2D eigenvalue weighted by molar-refractivity contribution is 5.90. The predicted octanol–water partition coefficient (Wildman–Crippen LogP) is 3.26. The van der Waals surface area contributed by atoms with Crippen molar-refractivity contribution >= 4 is 11.6 Å². The van der Waals surface area contributed by atoms with E-state index in [-0.39, 0.29) is 24.8 Å². The van der Waals surface area contributed by atoms with Gasteiger partial charge in [-0.25, -0.2) is 8.78 Å². The van der Waals surface area contributed by atoms with Crippen LogP contribution in [0.4, 0.5) is 14.5 Å². The molecule has 1 aliphatic heterocycles. The van der Waals surface area contributed by atoms with Gasteiger partial charge in [-0.3, -0.25) is 4.79 Å². The lowest BCUT2D eigenvalue weighted by molar-refractivity contribution is -0.116. The Hall–Kier alpha value is -2.63. The molecule has 1 N–H and O–H groups in total. The summed E-state index contributed by atoms with van der Waals surface area (Å²) in [6, 6.07) is 8.35. The van der Waals surface area contributed by atoms with Crippen molar-refractivity contribution in [2.75, 3.05) is 12.1 Å². The molecule has 0 saturated carbocycles. The van der Waals surface area contributed by atoms with Crippen molar-refractivity contribution in [1.82, 2.24) is 0 Å². The first kappa shape index (κ1) is 14.3. The van der Waals surface area contributed by atoms with Gasteiger partial charge < -0.3 is 14.8 Å². The number of anilines is 1. The number of nitrogens with one attached hydrogen (secondary N) is 1. The summed E-state index contributed by atoms with van der Waals surface area (Å²) < 4.78 is 36.5. The van der Waals surface area contributed by atoms with Crippen LogP contribution in [0.3, 0.4) is 0 Å². The van der Waals surface area contributed by atoms with Crippen LogP contribution in [0.25, 0.3) is 0 Å². The van der Waals surface area contributed by atoms with Crippen LogP contribution in [0.1, 0.15) is 12.0 Å². The Morgan fingerprint density at radius 1 is 1.05 bits per heavy atom. The SMILES string of the molecule is O=C(CCc1ccc2c(c1)OCO2)Nc1cc(F)cc(F)c1. The van der Waals surface area contributed by atoms with Crippen LogP contribution in [-0.4, -0.2) is 12.7 Å². The van der Waals surface area contributed by atoms with Gasteiger partial charge in [-0.15, -0.1) is 0 Å². The molecule has 22 heavy (non-hydrogen) atoms. The summed E-state index contributed by atoms with van der Waals surface area (Å²) in [5, 5.41) is 2.47. The number of hydrogen-bond donors (Lipinski definition) is 1. The van der Waals surface area contributed by atoms with Gasteiger partial charge in [0.15, 0.2) is 11.5 Å². The van der Waals surface area contributed by atoms with Crippen LogP contribution in [0.5, 0.6) is 11.5 Å². The average molecular weight is 305 g/mol. The lowest BCUT2D eigenvalue weighted by Crippen LogP contribution is -2.12. The van der Waals surface area contributed by atoms with Gasteiger partial charge in [-0.1, -0.05) is 6.07 Å². The van der Waals surface area contributed by atoms with Crippen molar-refractivity contribution in [3.8, 4) is 11.5 Å². The molecule has 114 valence electrons. The third-order valence-electron chi connectivity index (χ3n) is 3.22. The van der Waals surface area contributed by atoms with E-state index in [1.165, 1.54) is 0 Å². The van der Waals surface area contributed by atoms with Crippen LogP contribution < -0.4 is 14.8 Å². The van der Waals surface area contributed by atoms with Gasteiger partial charge in [0.05, 0.1) is 0 Å². The van der Waals surface area contributed by atoms with Gasteiger partial charge in [0.2, 0.25) is 12.7 Å². The molecule has 3 rings (SSSR count). The van der Waals surface area contributed by atoms with Crippen molar-refractivity contribution in [2.45, 2.75) is 12.8 Å². The quantitative estimate of drug-likeness (QED) is 0.943. The van der Waals surface area contributed by atoms with Crippen LogP contribution >= 0.6 is 0 Å². The number of aryl methyl sites for hydroxylation is 1. The molecule has 0 aromatic heterocycles. The molecule has 0 radical (unpaired) electrons. The zero-order valence-corrected chi connectivity index (χ0v) is 11.6. The molecule has 0 fully saturated rings. The zero-order chi connectivity index (χ0) is 15.5. The summed E-state index contributed by atoms with van der Waals surface area (Å²) in [5.41, 5.74) is 1.03. The van der Waals surface area contributed by atoms with Gasteiger partial charge >= 0.3 is 0 Å². The second-order valence-electron chi connectivity index (χ2n) is 4.89. The summed E-state index contributed by atoms with van der Waals surface area (Å²) in [6.07, 6.45) is 0.679. The number of hydrogen-bond acceptors (Lipinski definition) is 3. The van der Waals surface area contributed by atoms with Crippen LogP contribution in [0.15, 0.2) is 36.4 Å². The van der Waals surface area contributed by atoms with E-state index in [0.717, 1.165) is 23.8 Å². The van der Waals surface area contributed by atoms with E-state index < -0.39 is 11.6 Å². The second kappa shape index (κ2) is 6.01. The van der Waals surface area contributed by atoms with Crippen LogP contribution in [0.2, 0.25) is 0 Å². The van der Waals surface area contributed by atoms with Gasteiger partial charge in [-0.05, 0) is 36.2 Å². The lowest BCUT2D eigenvalue weighted by Gasteiger charge is -2.06. The first-order valence-electron chi connectivity index (χ1n) is 6.74. The van der Waals surface area contributed by atoms with Crippen molar-refractivity contribution in [3.63, 3.8) is 0 Å². The number of ether oxygens (including phenoxy) is 2. The number of carbonyl (C=O) groups excluding carboxylic acids is 1. The summed E-state index contributed by atoms with van der Waals surface area (Å²) >= 11 is 0. The molecule has 1 heterocycles. The first-order valence-corrected chi connectivity index (χ1v) is 6.74. The number of fused-ring (bicyclic) bond motifs is 1. The minimum atomic E-state index is -0.730. The number of halogens is 2. The Labute approximate surface area is 125 Å². The Kier molecular flexibility index (Phi) is 3.91. The highest BCUT2D eigenvalue weighted by Gasteiger charge is 2.13. The summed E-state index contributed by atoms with van der Waals surface area (Å²) in [5.74, 6) is -0.437. The highest BCUT2D eigenvalue weighted by Crippen LogP contribution is 2.32. The summed E-state index contributed by atoms with van der Waals surface area (Å²) in [6.45, 7) is 0.199. The van der Waals surface area contributed by atoms with Crippen LogP contribution in [-0.2, 0) is 11.2 Å². The number of rotatable bonds is 4. The lowest BCUT2D eigenvalue weighted by atomic mass is 10.1. The van der Waals surface area contributed by atoms with Gasteiger partial charge in [0.25, 0.3) is 0 Å². The standard InChI is InChI=1S/C16H13F2NO3/c17-11-6-12(18)8-13(7-11)19-16(20)4-2-10-1-3-14-15(5-10)22-9-21-14/h1,3,5-8H,2,4,9H2,(H,19,20). The fourth-order valence-electron chi connectivity index (χ4n) is 2.20. The van der Waals surface area contributed by atoms with E-state index in [0.29, 0.717) is 17.9 Å². The Morgan fingerprint density at radius 3 is 2.55 bits per heavy atom. The zero-order valence-electron chi connectivity index (χ0n) is 11.6. The van der Waals surface area contributed by atoms with E-state index >= 15 is 0 Å². The second-order valence-corrected chi connectivity index (χ2v) is 4.89. The molecule has 2 aromatic carbocycles. The van der Waals surface area contributed by atoms with E-state index in [1.54, 1.807) is 6.07 Å². The van der Waals surface area contributed by atoms with Gasteiger partial charge in [0.1, 0.15) is 11.6 Å². The highest BCUT2D eigenvalue weighted by atomic mass is 19.1. The summed E-state index contributed by atoms with van der Waals surface area (Å²) in [4.78, 5) is 11.8. The van der Waals surface area contributed by atoms with E-state index in [1.807, 2.05) is 12.1 Å². The van der Waals surface area contributed by atoms with Crippen molar-refractivity contribution in [3.05, 3.63) is 53.6 Å². The largest absolute Gasteiger partial charge is 0.454 e. The number of amides is 1. The maximum absolute atomic E-state index is 13.0. The molecule has 0 saturated heterocycles. The van der Waals surface area contributed by atoms with Crippen LogP contribution in [0, 0.1) is 11.6 Å². The van der Waals surface area contributed by atoms with Crippen molar-refractivity contribution < 1.29 is 23.0 Å². The molecular formula is C16H13F2NO3. The maximum Gasteiger partial charge on any atom is 0.231 e. The fraction of sp³-hybridized carbons (Fsp3) is 0.188. The first-order chi connectivity index (χ1) is 10.6. The summed E-state index contributed by atoms with van der Waals surface area (Å²) in [7, 11) is 0. The Morgan fingerprint density at radius 2 is 1.77 bits per heavy atom. The minimum absolute atomic E-state index is 0.105. The number of carbonyl (C=O) groups is 1. The molecule has 0 bridgehead atoms. The molecule has 0 aliphatic carbocycles. The Balaban J connectivity index is 1.58. The fourth-order valence-corrected chi connectivity index (χ4v) is 2.20. The van der Waals surface area contributed by atoms with Gasteiger partial charge in [-0.2, -0.15) is 0 Å². The third kappa shape index (κ3) is 3.33. The topological polar surface area (TPSA) is 47.6 Å². The van der Waals surface area contributed by atoms with Crippen molar-refractivity contribution in [1.29, 1.82) is 0 Å². The number of benzene rings is 2. The predicted molar refractivity (Wildman–Crippen MR) is 75.9 cm³/mol. The molecule has 0 atom stereocenters. The average Bonchev–Trinajstić information content (AvgIpc) is 2.91. The monoisotopic (exact) mass is 305 g/mol. The third-order valence-corrected chi connectivity index (χ3v) is 3.22. The minimum Gasteiger partial charge on any atom is -0.454 e. The molecule has 1 amide bonds. The molecule has 0 spiro atoms. The maximum atomic E-state index is 13.0. The van der Waals surface area contributed by atoms with E-state index in [4.69, 9.17) is 9.47 Å². The molecule has 2 aromatic rings. The molecular weight excluding hydrogens is 292 g/mol. The van der Waals surface area contributed by atoms with Crippen molar-refractivity contribution in [2.24, 2.45) is 0 Å². The molecule has 0 unspecified atom stereocenters. The van der Waals surface area contributed by atoms with E-state index in [9.17, 15) is 13.6 Å². The normalized spacial score (nSPS) is 12.3. The Bertz CT molecular complexity index is 698. The van der Waals surface area contributed by atoms with E-state index in [2.05, 4.69) is 5.32 Å².